The van der Waals surface area contributed by atoms with Gasteiger partial charge in [0.2, 0.25) is 5.91 Å². The zero-order chi connectivity index (χ0) is 31.9. The number of halogens is 1. The lowest BCUT2D eigenvalue weighted by Gasteiger charge is -2.17. The number of phenols is 1. The summed E-state index contributed by atoms with van der Waals surface area (Å²) in [6, 6.07) is 23.3. The quantitative estimate of drug-likeness (QED) is 0.106. The Bertz CT molecular complexity index is 2170. The lowest BCUT2D eigenvalue weighted by atomic mass is 9.95. The van der Waals surface area contributed by atoms with Crippen molar-refractivity contribution < 1.29 is 24.6 Å². The molecule has 11 heteroatoms. The minimum absolute atomic E-state index is 0.0496. The number of amides is 3. The number of aliphatic hydroxyl groups is 1. The van der Waals surface area contributed by atoms with Crippen LogP contribution < -0.4 is 15.5 Å². The second-order valence-corrected chi connectivity index (χ2v) is 11.7. The first kappa shape index (κ1) is 29.4. The number of aromatic amines is 2. The molecule has 4 aromatic carbocycles. The number of aliphatic hydroxyl groups excluding tert-OH is 1. The minimum atomic E-state index is -0.344. The molecule has 1 atom stereocenters. The number of fused-ring (bicyclic) bond motifs is 5. The van der Waals surface area contributed by atoms with Gasteiger partial charge in [0.1, 0.15) is 17.1 Å². The molecule has 3 heterocycles. The van der Waals surface area contributed by atoms with E-state index in [1.807, 2.05) is 24.3 Å². The number of nitrogens with zero attached hydrogens (tertiary/aromatic N) is 1. The molecule has 3 amide bonds. The van der Waals surface area contributed by atoms with Crippen molar-refractivity contribution >= 4 is 79.0 Å². The molecule has 10 nitrogen and oxygen atoms in total. The van der Waals surface area contributed by atoms with Gasteiger partial charge in [-0.15, -0.1) is 11.6 Å². The van der Waals surface area contributed by atoms with Gasteiger partial charge in [0.25, 0.3) is 11.8 Å². The first-order valence-electron chi connectivity index (χ1n) is 14.9. The van der Waals surface area contributed by atoms with Gasteiger partial charge in [-0.25, -0.2) is 0 Å². The smallest absolute Gasteiger partial charge is 0.274 e. The number of carbonyl (C=O) groups is 3. The number of benzene rings is 4. The third kappa shape index (κ3) is 5.31. The van der Waals surface area contributed by atoms with Crippen molar-refractivity contribution in [3.8, 4) is 5.75 Å². The SMILES string of the molecule is O=C(CCCO)Nc1ccc2[nH]c(C(=O)Nc3ccc4[nH]c(C(=O)N5CC(CCl)c6c5cc(O)c5ccccc65)cc4c3)cc2c1. The van der Waals surface area contributed by atoms with Crippen LogP contribution in [-0.2, 0) is 4.79 Å². The van der Waals surface area contributed by atoms with E-state index in [-0.39, 0.29) is 42.4 Å². The third-order valence-corrected chi connectivity index (χ3v) is 8.77. The van der Waals surface area contributed by atoms with E-state index in [1.54, 1.807) is 59.5 Å². The van der Waals surface area contributed by atoms with Gasteiger partial charge >= 0.3 is 0 Å². The summed E-state index contributed by atoms with van der Waals surface area (Å²) >= 11 is 6.36. The molecule has 2 aromatic heterocycles. The number of carbonyl (C=O) groups excluding carboxylic acids is 3. The highest BCUT2D eigenvalue weighted by atomic mass is 35.5. The fourth-order valence-electron chi connectivity index (χ4n) is 6.21. The van der Waals surface area contributed by atoms with Crippen molar-refractivity contribution in [1.29, 1.82) is 0 Å². The molecule has 0 fully saturated rings. The number of nitrogens with one attached hydrogen (secondary N) is 4. The summed E-state index contributed by atoms with van der Waals surface area (Å²) in [7, 11) is 0. The molecule has 6 N–H and O–H groups in total. The van der Waals surface area contributed by atoms with Crippen molar-refractivity contribution in [2.75, 3.05) is 34.6 Å². The van der Waals surface area contributed by atoms with Crippen LogP contribution in [0.15, 0.2) is 78.9 Å². The van der Waals surface area contributed by atoms with Crippen LogP contribution in [0.5, 0.6) is 5.75 Å². The van der Waals surface area contributed by atoms with E-state index in [9.17, 15) is 19.5 Å². The van der Waals surface area contributed by atoms with Crippen LogP contribution in [0, 0.1) is 0 Å². The number of phenolic OH excluding ortho intramolecular Hbond substituents is 1. The van der Waals surface area contributed by atoms with Crippen LogP contribution in [0.4, 0.5) is 17.1 Å². The predicted octanol–water partition coefficient (Wildman–Crippen LogP) is 6.45. The number of H-pyrrole nitrogens is 2. The summed E-state index contributed by atoms with van der Waals surface area (Å²) in [5.74, 6) is -0.415. The highest BCUT2D eigenvalue weighted by Crippen LogP contribution is 2.45. The average Bonchev–Trinajstić information content (AvgIpc) is 3.78. The number of aromatic nitrogens is 2. The Balaban J connectivity index is 1.10. The lowest BCUT2D eigenvalue weighted by molar-refractivity contribution is -0.116. The third-order valence-electron chi connectivity index (χ3n) is 8.40. The first-order chi connectivity index (χ1) is 22.3. The maximum Gasteiger partial charge on any atom is 0.274 e. The van der Waals surface area contributed by atoms with Gasteiger partial charge in [-0.1, -0.05) is 24.3 Å². The number of anilines is 3. The van der Waals surface area contributed by atoms with Gasteiger partial charge in [0, 0.05) is 76.0 Å². The second-order valence-electron chi connectivity index (χ2n) is 11.4. The zero-order valence-electron chi connectivity index (χ0n) is 24.6. The van der Waals surface area contributed by atoms with Gasteiger partial charge in [-0.3, -0.25) is 14.4 Å². The minimum Gasteiger partial charge on any atom is -0.507 e. The molecule has 0 bridgehead atoms. The summed E-state index contributed by atoms with van der Waals surface area (Å²) in [6.07, 6.45) is 0.610. The summed E-state index contributed by atoms with van der Waals surface area (Å²) < 4.78 is 0. The number of rotatable bonds is 8. The first-order valence-corrected chi connectivity index (χ1v) is 15.5. The molecule has 0 saturated carbocycles. The van der Waals surface area contributed by atoms with Gasteiger partial charge in [-0.2, -0.15) is 0 Å². The molecule has 1 aliphatic rings. The van der Waals surface area contributed by atoms with Crippen molar-refractivity contribution in [1.82, 2.24) is 9.97 Å². The van der Waals surface area contributed by atoms with Crippen LogP contribution in [0.25, 0.3) is 32.6 Å². The molecular formula is C35H30ClN5O5. The van der Waals surface area contributed by atoms with E-state index in [0.717, 1.165) is 38.1 Å². The summed E-state index contributed by atoms with van der Waals surface area (Å²) in [4.78, 5) is 46.9. The number of hydrogen-bond acceptors (Lipinski definition) is 5. The van der Waals surface area contributed by atoms with Crippen LogP contribution in [0.1, 0.15) is 45.3 Å². The van der Waals surface area contributed by atoms with Gasteiger partial charge in [-0.05, 0) is 65.9 Å². The molecule has 1 unspecified atom stereocenters. The Kier molecular flexibility index (Phi) is 7.59. The topological polar surface area (TPSA) is 151 Å². The summed E-state index contributed by atoms with van der Waals surface area (Å²) in [5, 5.41) is 28.5. The van der Waals surface area contributed by atoms with Crippen molar-refractivity contribution in [3.63, 3.8) is 0 Å². The normalized spacial score (nSPS) is 14.2. The molecule has 0 aliphatic carbocycles. The van der Waals surface area contributed by atoms with Gasteiger partial charge < -0.3 is 35.7 Å². The molecule has 0 spiro atoms. The van der Waals surface area contributed by atoms with E-state index in [2.05, 4.69) is 20.6 Å². The van der Waals surface area contributed by atoms with E-state index < -0.39 is 0 Å². The standard InChI is InChI=1S/C35H30ClN5O5/c36-17-21-18-41(30-16-31(43)24-4-1-2-5-25(24)33(21)30)35(46)29-15-20-13-23(8-10-27(20)40-29)38-34(45)28-14-19-12-22(7-9-26(19)39-28)37-32(44)6-3-11-42/h1-2,4-5,7-10,12-16,21,39-40,42-43H,3,6,11,17-18H2,(H,37,44)(H,38,45). The fourth-order valence-corrected chi connectivity index (χ4v) is 6.46. The Morgan fingerprint density at radius 1 is 0.848 bits per heavy atom. The maximum atomic E-state index is 13.8. The Morgan fingerprint density at radius 3 is 2.20 bits per heavy atom. The molecule has 46 heavy (non-hydrogen) atoms. The van der Waals surface area contributed by atoms with Crippen LogP contribution in [-0.4, -0.2) is 56.9 Å². The van der Waals surface area contributed by atoms with E-state index in [0.29, 0.717) is 47.3 Å². The van der Waals surface area contributed by atoms with Crippen molar-refractivity contribution in [2.45, 2.75) is 18.8 Å². The van der Waals surface area contributed by atoms with Crippen LogP contribution in [0.3, 0.4) is 0 Å². The molecule has 0 radical (unpaired) electrons. The molecular weight excluding hydrogens is 606 g/mol. The lowest BCUT2D eigenvalue weighted by Crippen LogP contribution is -2.30. The number of hydrogen-bond donors (Lipinski definition) is 6. The average molecular weight is 636 g/mol. The second kappa shape index (κ2) is 11.9. The van der Waals surface area contributed by atoms with Crippen LogP contribution >= 0.6 is 11.6 Å². The van der Waals surface area contributed by atoms with Crippen LogP contribution in [0.2, 0.25) is 0 Å². The summed E-state index contributed by atoms with van der Waals surface area (Å²) in [6.45, 7) is 0.343. The van der Waals surface area contributed by atoms with E-state index in [1.165, 1.54) is 0 Å². The molecule has 6 aromatic rings. The maximum absolute atomic E-state index is 13.8. The molecule has 232 valence electrons. The van der Waals surface area contributed by atoms with Gasteiger partial charge in [0.15, 0.2) is 0 Å². The number of aromatic hydroxyl groups is 1. The van der Waals surface area contributed by atoms with Gasteiger partial charge in [0.05, 0.1) is 5.69 Å². The molecule has 0 saturated heterocycles. The highest BCUT2D eigenvalue weighted by molar-refractivity contribution is 6.19. The number of alkyl halides is 1. The molecule has 1 aliphatic heterocycles. The summed E-state index contributed by atoms with van der Waals surface area (Å²) in [5.41, 5.74) is 4.95. The highest BCUT2D eigenvalue weighted by Gasteiger charge is 2.35. The van der Waals surface area contributed by atoms with E-state index >= 15 is 0 Å². The Hall–Kier alpha value is -5.32. The van der Waals surface area contributed by atoms with Crippen molar-refractivity contribution in [3.05, 3.63) is 95.8 Å². The predicted molar refractivity (Wildman–Crippen MR) is 180 cm³/mol. The zero-order valence-corrected chi connectivity index (χ0v) is 25.3. The monoisotopic (exact) mass is 635 g/mol. The Morgan fingerprint density at radius 2 is 1.50 bits per heavy atom. The van der Waals surface area contributed by atoms with E-state index in [4.69, 9.17) is 16.7 Å². The largest absolute Gasteiger partial charge is 0.507 e. The van der Waals surface area contributed by atoms with Crippen molar-refractivity contribution in [2.24, 2.45) is 0 Å². The fraction of sp³-hybridized carbons (Fsp3) is 0.171. The molecule has 7 rings (SSSR count). The Labute approximate surface area is 268 Å².